The number of aryl methyl sites for hydroxylation is 1. The van der Waals surface area contributed by atoms with Crippen LogP contribution in [0, 0.1) is 18.8 Å². The highest BCUT2D eigenvalue weighted by atomic mass is 79.9. The number of carbonyl (C=O) groups excluding carboxylic acids is 1. The molecular weight excluding hydrogens is 452 g/mol. The van der Waals surface area contributed by atoms with Crippen molar-refractivity contribution in [1.29, 1.82) is 0 Å². The molecule has 5 nitrogen and oxygen atoms in total. The lowest BCUT2D eigenvalue weighted by molar-refractivity contribution is -0.125. The molecule has 1 amide bonds. The molecule has 0 spiro atoms. The number of thioether (sulfide) groups is 1. The topological polar surface area (TPSA) is 60.5 Å². The van der Waals surface area contributed by atoms with Crippen molar-refractivity contribution in [2.24, 2.45) is 0 Å². The van der Waals surface area contributed by atoms with Crippen molar-refractivity contribution in [3.05, 3.63) is 47.1 Å². The number of benzene rings is 1. The monoisotopic (exact) mass is 476 g/mol. The second-order valence-electron chi connectivity index (χ2n) is 6.87. The van der Waals surface area contributed by atoms with E-state index < -0.39 is 11.0 Å². The number of fused-ring (bicyclic) bond motifs is 1. The first kappa shape index (κ1) is 23.3. The number of amides is 1. The Labute approximate surface area is 184 Å². The van der Waals surface area contributed by atoms with E-state index in [9.17, 15) is 4.79 Å². The van der Waals surface area contributed by atoms with E-state index >= 15 is 0 Å². The first-order valence-electron chi connectivity index (χ1n) is 9.02. The van der Waals surface area contributed by atoms with E-state index in [1.807, 2.05) is 45.2 Å². The van der Waals surface area contributed by atoms with Crippen LogP contribution in [0.15, 0.2) is 41.5 Å². The zero-order valence-corrected chi connectivity index (χ0v) is 19.4. The fourth-order valence-electron chi connectivity index (χ4n) is 2.62. The average molecular weight is 477 g/mol. The van der Waals surface area contributed by atoms with Gasteiger partial charge in [0.25, 0.3) is 5.91 Å². The molecule has 7 heteroatoms. The number of nitrogens with one attached hydrogen (secondary N) is 1. The van der Waals surface area contributed by atoms with Gasteiger partial charge in [-0.2, -0.15) is 0 Å². The van der Waals surface area contributed by atoms with Crippen molar-refractivity contribution in [3.63, 3.8) is 0 Å². The maximum Gasteiger partial charge on any atom is 0.272 e. The minimum atomic E-state index is -0.708. The van der Waals surface area contributed by atoms with Crippen molar-refractivity contribution in [1.82, 2.24) is 10.3 Å². The lowest BCUT2D eigenvalue weighted by Crippen LogP contribution is -2.47. The van der Waals surface area contributed by atoms with Gasteiger partial charge in [-0.05, 0) is 66.7 Å². The minimum absolute atomic E-state index is 0.242. The standard InChI is InChI=1S/C22H25BrN2O3S/c1-6-9-27-10-7-8-22(3,4)25-20(26)21(29-5)28-18-11-15(2)19-16(13-18)12-17(23)14-24-19/h6,11-14,21H,1,9-10H2,2-5H3,(H,25,26). The van der Waals surface area contributed by atoms with Crippen LogP contribution in [-0.4, -0.2) is 41.3 Å². The van der Waals surface area contributed by atoms with Crippen LogP contribution in [0.3, 0.4) is 0 Å². The summed E-state index contributed by atoms with van der Waals surface area (Å²) in [5.74, 6) is 6.30. The van der Waals surface area contributed by atoms with E-state index in [2.05, 4.69) is 44.7 Å². The van der Waals surface area contributed by atoms with Crippen molar-refractivity contribution < 1.29 is 14.3 Å². The summed E-state index contributed by atoms with van der Waals surface area (Å²) in [5.41, 5.74) is 0.474. The van der Waals surface area contributed by atoms with Gasteiger partial charge in [0.05, 0.1) is 17.7 Å². The fourth-order valence-corrected chi connectivity index (χ4v) is 3.45. The Bertz CT molecular complexity index is 950. The Hall–Kier alpha value is -2.01. The van der Waals surface area contributed by atoms with Crippen molar-refractivity contribution in [2.45, 2.75) is 31.7 Å². The molecule has 2 rings (SSSR count). The Morgan fingerprint density at radius 1 is 1.45 bits per heavy atom. The predicted molar refractivity (Wildman–Crippen MR) is 123 cm³/mol. The predicted octanol–water partition coefficient (Wildman–Crippen LogP) is 4.47. The van der Waals surface area contributed by atoms with Crippen molar-refractivity contribution >= 4 is 44.5 Å². The summed E-state index contributed by atoms with van der Waals surface area (Å²) in [7, 11) is 0. The van der Waals surface area contributed by atoms with Crippen LogP contribution in [0.1, 0.15) is 19.4 Å². The number of hydrogen-bond donors (Lipinski definition) is 1. The van der Waals surface area contributed by atoms with Crippen LogP contribution in [0.5, 0.6) is 5.75 Å². The van der Waals surface area contributed by atoms with Crippen LogP contribution >= 0.6 is 27.7 Å². The highest BCUT2D eigenvalue weighted by Crippen LogP contribution is 2.27. The summed E-state index contributed by atoms with van der Waals surface area (Å²) in [6, 6.07) is 5.75. The first-order chi connectivity index (χ1) is 13.8. The summed E-state index contributed by atoms with van der Waals surface area (Å²) in [6.45, 7) is 9.96. The molecule has 0 saturated carbocycles. The normalized spacial score (nSPS) is 12.0. The molecular formula is C22H25BrN2O3S. The third-order valence-electron chi connectivity index (χ3n) is 3.83. The highest BCUT2D eigenvalue weighted by molar-refractivity contribution is 9.10. The number of ether oxygens (including phenoxy) is 2. The number of hydrogen-bond acceptors (Lipinski definition) is 5. The molecule has 0 radical (unpaired) electrons. The van der Waals surface area contributed by atoms with Crippen LogP contribution in [0.4, 0.5) is 0 Å². The van der Waals surface area contributed by atoms with E-state index in [0.717, 1.165) is 20.9 Å². The van der Waals surface area contributed by atoms with Crippen LogP contribution in [0.25, 0.3) is 10.9 Å². The molecule has 1 unspecified atom stereocenters. The molecule has 154 valence electrons. The smallest absolute Gasteiger partial charge is 0.272 e. The van der Waals surface area contributed by atoms with Crippen LogP contribution < -0.4 is 10.1 Å². The molecule has 0 bridgehead atoms. The van der Waals surface area contributed by atoms with Gasteiger partial charge in [-0.25, -0.2) is 0 Å². The Kier molecular flexibility index (Phi) is 8.57. The van der Waals surface area contributed by atoms with Crippen molar-refractivity contribution in [2.75, 3.05) is 19.5 Å². The molecule has 1 N–H and O–H groups in total. The third-order valence-corrected chi connectivity index (χ3v) is 5.00. The lowest BCUT2D eigenvalue weighted by Gasteiger charge is -2.24. The van der Waals surface area contributed by atoms with E-state index in [4.69, 9.17) is 9.47 Å². The van der Waals surface area contributed by atoms with E-state index in [-0.39, 0.29) is 12.5 Å². The molecule has 1 heterocycles. The fraction of sp³-hybridized carbons (Fsp3) is 0.364. The van der Waals surface area contributed by atoms with E-state index in [1.54, 1.807) is 12.3 Å². The van der Waals surface area contributed by atoms with Gasteiger partial charge in [0.1, 0.15) is 12.4 Å². The van der Waals surface area contributed by atoms with Gasteiger partial charge in [0, 0.05) is 16.1 Å². The summed E-state index contributed by atoms with van der Waals surface area (Å²) in [4.78, 5) is 17.2. The Balaban J connectivity index is 2.09. The largest absolute Gasteiger partial charge is 0.470 e. The first-order valence-corrected chi connectivity index (χ1v) is 11.1. The Morgan fingerprint density at radius 3 is 2.90 bits per heavy atom. The SMILES string of the molecule is C=CCOCC#CC(C)(C)NC(=O)C(Oc1cc(C)c2ncc(Br)cc2c1)SC. The number of rotatable bonds is 8. The molecule has 0 aliphatic rings. The number of nitrogens with zero attached hydrogens (tertiary/aromatic N) is 1. The third kappa shape index (κ3) is 7.07. The van der Waals surface area contributed by atoms with Gasteiger partial charge in [-0.3, -0.25) is 9.78 Å². The second kappa shape index (κ2) is 10.7. The summed E-state index contributed by atoms with van der Waals surface area (Å²) < 4.78 is 12.1. The summed E-state index contributed by atoms with van der Waals surface area (Å²) in [5, 5.41) is 3.87. The molecule has 0 saturated heterocycles. The van der Waals surface area contributed by atoms with Crippen LogP contribution in [-0.2, 0) is 9.53 Å². The molecule has 1 aromatic heterocycles. The maximum absolute atomic E-state index is 12.7. The highest BCUT2D eigenvalue weighted by Gasteiger charge is 2.25. The molecule has 29 heavy (non-hydrogen) atoms. The molecule has 1 atom stereocenters. The maximum atomic E-state index is 12.7. The number of carbonyl (C=O) groups is 1. The zero-order chi connectivity index (χ0) is 21.4. The second-order valence-corrected chi connectivity index (χ2v) is 8.69. The van der Waals surface area contributed by atoms with Gasteiger partial charge < -0.3 is 14.8 Å². The van der Waals surface area contributed by atoms with Crippen molar-refractivity contribution in [3.8, 4) is 17.6 Å². The minimum Gasteiger partial charge on any atom is -0.470 e. The summed E-state index contributed by atoms with van der Waals surface area (Å²) >= 11 is 4.76. The van der Waals surface area contributed by atoms with Gasteiger partial charge in [-0.1, -0.05) is 17.9 Å². The average Bonchev–Trinajstić information content (AvgIpc) is 2.65. The number of halogens is 1. The zero-order valence-electron chi connectivity index (χ0n) is 17.0. The molecule has 0 fully saturated rings. The van der Waals surface area contributed by atoms with Gasteiger partial charge in [-0.15, -0.1) is 18.3 Å². The quantitative estimate of drug-likeness (QED) is 0.263. The summed E-state index contributed by atoms with van der Waals surface area (Å²) in [6.07, 6.45) is 5.26. The Morgan fingerprint density at radius 2 is 2.21 bits per heavy atom. The van der Waals surface area contributed by atoms with E-state index in [0.29, 0.717) is 12.4 Å². The molecule has 0 aliphatic heterocycles. The van der Waals surface area contributed by atoms with E-state index in [1.165, 1.54) is 11.8 Å². The number of pyridine rings is 1. The van der Waals surface area contributed by atoms with Gasteiger partial charge >= 0.3 is 0 Å². The van der Waals surface area contributed by atoms with Gasteiger partial charge in [0.15, 0.2) is 0 Å². The number of aromatic nitrogens is 1. The molecule has 1 aromatic carbocycles. The molecule has 2 aromatic rings. The lowest BCUT2D eigenvalue weighted by atomic mass is 10.1. The van der Waals surface area contributed by atoms with Gasteiger partial charge in [0.2, 0.25) is 5.44 Å². The van der Waals surface area contributed by atoms with Crippen LogP contribution in [0.2, 0.25) is 0 Å². The molecule has 0 aliphatic carbocycles.